The molecule has 0 unspecified atom stereocenters. The zero-order chi connectivity index (χ0) is 19.0. The maximum absolute atomic E-state index is 9.98. The Hall–Kier alpha value is -3.32. The smallest absolute Gasteiger partial charge is 0.250 e. The van der Waals surface area contributed by atoms with E-state index >= 15 is 0 Å². The molecule has 0 bridgehead atoms. The number of aromatic hydroxyl groups is 1. The molecule has 2 N–H and O–H groups in total. The molecular formula is C19H15ClN4O3. The maximum Gasteiger partial charge on any atom is 0.250 e. The third kappa shape index (κ3) is 3.24. The van der Waals surface area contributed by atoms with Gasteiger partial charge in [-0.15, -0.1) is 0 Å². The molecule has 136 valence electrons. The summed E-state index contributed by atoms with van der Waals surface area (Å²) in [6.45, 7) is 1.92. The molecule has 2 aromatic carbocycles. The fourth-order valence-electron chi connectivity index (χ4n) is 2.66. The number of nitrogens with one attached hydrogen (secondary N) is 1. The van der Waals surface area contributed by atoms with Crippen molar-refractivity contribution in [2.45, 2.75) is 6.92 Å². The summed E-state index contributed by atoms with van der Waals surface area (Å²) >= 11 is 6.08. The first-order valence-corrected chi connectivity index (χ1v) is 8.44. The average molecular weight is 383 g/mol. The van der Waals surface area contributed by atoms with E-state index in [0.29, 0.717) is 39.5 Å². The van der Waals surface area contributed by atoms with Gasteiger partial charge in [0, 0.05) is 28.6 Å². The summed E-state index contributed by atoms with van der Waals surface area (Å²) in [4.78, 5) is 12.9. The number of nitrogens with zero attached hydrogens (tertiary/aromatic N) is 3. The molecular weight excluding hydrogens is 368 g/mol. The summed E-state index contributed by atoms with van der Waals surface area (Å²) in [5.41, 5.74) is 2.80. The van der Waals surface area contributed by atoms with Crippen molar-refractivity contribution < 1.29 is 14.6 Å². The molecule has 0 saturated heterocycles. The van der Waals surface area contributed by atoms with Crippen LogP contribution in [0.4, 0.5) is 17.2 Å². The van der Waals surface area contributed by atoms with Gasteiger partial charge < -0.3 is 19.9 Å². The summed E-state index contributed by atoms with van der Waals surface area (Å²) in [7, 11) is 1.47. The number of ether oxygens (including phenoxy) is 2. The van der Waals surface area contributed by atoms with Gasteiger partial charge in [0.1, 0.15) is 12.1 Å². The van der Waals surface area contributed by atoms with Crippen molar-refractivity contribution in [1.82, 2.24) is 9.97 Å². The molecule has 0 aliphatic carbocycles. The summed E-state index contributed by atoms with van der Waals surface area (Å²) in [6, 6.07) is 8.68. The van der Waals surface area contributed by atoms with Crippen molar-refractivity contribution in [2.75, 3.05) is 12.4 Å². The highest BCUT2D eigenvalue weighted by Gasteiger charge is 2.19. The van der Waals surface area contributed by atoms with Crippen LogP contribution in [-0.2, 0) is 0 Å². The Morgan fingerprint density at radius 1 is 1.19 bits per heavy atom. The minimum Gasteiger partial charge on any atom is -0.504 e. The van der Waals surface area contributed by atoms with Crippen LogP contribution >= 0.6 is 11.6 Å². The lowest BCUT2D eigenvalue weighted by molar-refractivity contribution is 0.369. The number of aromatic nitrogens is 2. The second-order valence-electron chi connectivity index (χ2n) is 5.89. The van der Waals surface area contributed by atoms with Crippen molar-refractivity contribution in [3.8, 4) is 23.1 Å². The molecule has 2 heterocycles. The van der Waals surface area contributed by atoms with Crippen LogP contribution in [0, 0.1) is 6.92 Å². The van der Waals surface area contributed by atoms with E-state index in [0.717, 1.165) is 11.3 Å². The van der Waals surface area contributed by atoms with Crippen LogP contribution in [0.15, 0.2) is 41.7 Å². The van der Waals surface area contributed by atoms with Gasteiger partial charge in [0.05, 0.1) is 7.11 Å². The summed E-state index contributed by atoms with van der Waals surface area (Å²) in [5, 5.41) is 13.9. The Kier molecular flexibility index (Phi) is 4.29. The first-order chi connectivity index (χ1) is 13.0. The van der Waals surface area contributed by atoms with Gasteiger partial charge >= 0.3 is 0 Å². The van der Waals surface area contributed by atoms with Gasteiger partial charge in [0.25, 0.3) is 5.88 Å². The monoisotopic (exact) mass is 382 g/mol. The highest BCUT2D eigenvalue weighted by Crippen LogP contribution is 2.42. The fraction of sp³-hybridized carbons (Fsp3) is 0.105. The average Bonchev–Trinajstić information content (AvgIpc) is 2.83. The van der Waals surface area contributed by atoms with E-state index in [-0.39, 0.29) is 5.75 Å². The molecule has 0 radical (unpaired) electrons. The van der Waals surface area contributed by atoms with Gasteiger partial charge in [0.2, 0.25) is 0 Å². The molecule has 0 fully saturated rings. The lowest BCUT2D eigenvalue weighted by Crippen LogP contribution is -1.97. The molecule has 4 rings (SSSR count). The number of aliphatic imine (C=N–C) groups is 1. The second-order valence-corrected chi connectivity index (χ2v) is 6.29. The Morgan fingerprint density at radius 2 is 2.04 bits per heavy atom. The van der Waals surface area contributed by atoms with Crippen LogP contribution < -0.4 is 14.8 Å². The van der Waals surface area contributed by atoms with E-state index in [1.165, 1.54) is 19.5 Å². The molecule has 1 aliphatic rings. The third-order valence-electron chi connectivity index (χ3n) is 4.06. The van der Waals surface area contributed by atoms with E-state index in [1.54, 1.807) is 12.3 Å². The third-order valence-corrected chi connectivity index (χ3v) is 4.48. The number of phenolic OH excluding ortho intramolecular Hbond substituents is 1. The molecule has 0 saturated carbocycles. The molecule has 0 atom stereocenters. The number of phenols is 1. The lowest BCUT2D eigenvalue weighted by Gasteiger charge is -2.12. The van der Waals surface area contributed by atoms with E-state index < -0.39 is 0 Å². The van der Waals surface area contributed by atoms with Crippen molar-refractivity contribution in [3.05, 3.63) is 52.8 Å². The number of hydrogen-bond donors (Lipinski definition) is 2. The fourth-order valence-corrected chi connectivity index (χ4v) is 2.78. The first-order valence-electron chi connectivity index (χ1n) is 8.06. The number of fused-ring (bicyclic) bond motifs is 2. The Labute approximate surface area is 160 Å². The highest BCUT2D eigenvalue weighted by atomic mass is 35.5. The number of rotatable bonds is 3. The van der Waals surface area contributed by atoms with Gasteiger partial charge in [-0.2, -0.15) is 4.98 Å². The van der Waals surface area contributed by atoms with Crippen LogP contribution in [-0.4, -0.2) is 28.4 Å². The number of methoxy groups -OCH3 is 1. The van der Waals surface area contributed by atoms with Crippen LogP contribution in [0.1, 0.15) is 11.1 Å². The second kappa shape index (κ2) is 6.77. The summed E-state index contributed by atoms with van der Waals surface area (Å²) in [5.74, 6) is 1.55. The van der Waals surface area contributed by atoms with E-state index in [1.807, 2.05) is 25.1 Å². The van der Waals surface area contributed by atoms with Crippen molar-refractivity contribution in [3.63, 3.8) is 0 Å². The maximum atomic E-state index is 9.98. The highest BCUT2D eigenvalue weighted by molar-refractivity contribution is 6.31. The molecule has 0 amide bonds. The van der Waals surface area contributed by atoms with Gasteiger partial charge in [0.15, 0.2) is 23.0 Å². The van der Waals surface area contributed by atoms with Crippen molar-refractivity contribution in [1.29, 1.82) is 0 Å². The Bertz CT molecular complexity index is 1070. The summed E-state index contributed by atoms with van der Waals surface area (Å²) in [6.07, 6.45) is 2.98. The van der Waals surface area contributed by atoms with E-state index in [2.05, 4.69) is 20.3 Å². The standard InChI is InChI=1S/C19H15ClN4O3/c1-10-5-12(3-4-13(10)20)24-18-17-19(23-9-22-18)27-15-7-16(26-2)14(25)6-11(15)8-21-17/h3-9,25H,1-2H3,(H,22,23,24). The Morgan fingerprint density at radius 3 is 2.81 bits per heavy atom. The Balaban J connectivity index is 1.74. The normalized spacial score (nSPS) is 11.8. The van der Waals surface area contributed by atoms with Gasteiger partial charge in [-0.25, -0.2) is 9.98 Å². The predicted molar refractivity (Wildman–Crippen MR) is 103 cm³/mol. The zero-order valence-electron chi connectivity index (χ0n) is 14.5. The number of aryl methyl sites for hydroxylation is 1. The minimum absolute atomic E-state index is 0.00155. The first kappa shape index (κ1) is 17.1. The van der Waals surface area contributed by atoms with Gasteiger partial charge in [-0.1, -0.05) is 11.6 Å². The molecule has 3 aromatic rings. The zero-order valence-corrected chi connectivity index (χ0v) is 15.3. The van der Waals surface area contributed by atoms with Crippen molar-refractivity contribution >= 4 is 35.0 Å². The van der Waals surface area contributed by atoms with E-state index in [4.69, 9.17) is 21.1 Å². The molecule has 0 spiro atoms. The van der Waals surface area contributed by atoms with Crippen LogP contribution in [0.25, 0.3) is 0 Å². The molecule has 1 aromatic heterocycles. The van der Waals surface area contributed by atoms with Gasteiger partial charge in [-0.3, -0.25) is 0 Å². The van der Waals surface area contributed by atoms with Gasteiger partial charge in [-0.05, 0) is 36.8 Å². The predicted octanol–water partition coefficient (Wildman–Crippen LogP) is 4.75. The number of halogens is 1. The SMILES string of the molecule is COc1cc2c(cc1O)C=Nc1c(Nc3ccc(Cl)c(C)c3)ncnc1O2. The quantitative estimate of drug-likeness (QED) is 0.531. The number of benzene rings is 2. The largest absolute Gasteiger partial charge is 0.504 e. The topological polar surface area (TPSA) is 88.9 Å². The minimum atomic E-state index is -0.00155. The van der Waals surface area contributed by atoms with E-state index in [9.17, 15) is 5.11 Å². The van der Waals surface area contributed by atoms with Crippen molar-refractivity contribution in [2.24, 2.45) is 4.99 Å². The number of anilines is 2. The lowest BCUT2D eigenvalue weighted by atomic mass is 10.2. The molecule has 1 aliphatic heterocycles. The molecule has 27 heavy (non-hydrogen) atoms. The van der Waals surface area contributed by atoms with Crippen LogP contribution in [0.2, 0.25) is 5.02 Å². The molecule has 7 nitrogen and oxygen atoms in total. The number of hydrogen-bond acceptors (Lipinski definition) is 7. The van der Waals surface area contributed by atoms with Crippen LogP contribution in [0.5, 0.6) is 23.1 Å². The van der Waals surface area contributed by atoms with Crippen LogP contribution in [0.3, 0.4) is 0 Å². The summed E-state index contributed by atoms with van der Waals surface area (Å²) < 4.78 is 11.0. The molecule has 8 heteroatoms.